The molecule has 0 amide bonds. The number of carboxylic acids is 1. The summed E-state index contributed by atoms with van der Waals surface area (Å²) in [6, 6.07) is 11.2. The van der Waals surface area contributed by atoms with Crippen LogP contribution in [0.1, 0.15) is 6.42 Å². The number of anilines is 1. The quantitative estimate of drug-likeness (QED) is 0.384. The fourth-order valence-corrected chi connectivity index (χ4v) is 3.04. The van der Waals surface area contributed by atoms with E-state index in [9.17, 15) is 15.0 Å². The number of aliphatic hydroxyl groups is 2. The van der Waals surface area contributed by atoms with E-state index in [2.05, 4.69) is 4.98 Å². The van der Waals surface area contributed by atoms with Crippen LogP contribution in [0.4, 0.5) is 5.69 Å². The summed E-state index contributed by atoms with van der Waals surface area (Å²) in [4.78, 5) is 17.3. The molecular formula is C20H24N3O5+. The summed E-state index contributed by atoms with van der Waals surface area (Å²) in [5.41, 5.74) is 2.83. The predicted octanol–water partition coefficient (Wildman–Crippen LogP) is 0.600. The van der Waals surface area contributed by atoms with Crippen molar-refractivity contribution < 1.29 is 24.5 Å². The third kappa shape index (κ3) is 4.47. The van der Waals surface area contributed by atoms with Crippen molar-refractivity contribution in [1.29, 1.82) is 0 Å². The third-order valence-electron chi connectivity index (χ3n) is 4.55. The van der Waals surface area contributed by atoms with Crippen LogP contribution in [0, 0.1) is 0 Å². The number of fused-ring (bicyclic) bond motifs is 2. The first kappa shape index (κ1) is 19.8. The van der Waals surface area contributed by atoms with E-state index in [1.54, 1.807) is 0 Å². The second kappa shape index (κ2) is 8.81. The molecule has 1 aliphatic carbocycles. The van der Waals surface area contributed by atoms with E-state index in [-0.39, 0.29) is 19.6 Å². The summed E-state index contributed by atoms with van der Waals surface area (Å²) in [5.74, 6) is -0.243. The van der Waals surface area contributed by atoms with E-state index >= 15 is 0 Å². The molecule has 0 saturated heterocycles. The van der Waals surface area contributed by atoms with E-state index in [4.69, 9.17) is 9.52 Å². The number of carbonyl (C=O) groups is 1. The number of aliphatic carboxylic acids is 1. The summed E-state index contributed by atoms with van der Waals surface area (Å²) < 4.78 is 7.91. The summed E-state index contributed by atoms with van der Waals surface area (Å²) >= 11 is 0. The smallest absolute Gasteiger partial charge is 0.309 e. The lowest BCUT2D eigenvalue weighted by molar-refractivity contribution is -0.136. The number of nitrogens with zero attached hydrogens (tertiary/aromatic N) is 3. The first-order valence-electron chi connectivity index (χ1n) is 9.09. The van der Waals surface area contributed by atoms with Crippen LogP contribution in [-0.2, 0) is 4.79 Å². The van der Waals surface area contributed by atoms with Gasteiger partial charge in [0.2, 0.25) is 5.36 Å². The topological polar surface area (TPSA) is 110 Å². The van der Waals surface area contributed by atoms with Crippen molar-refractivity contribution in [2.75, 3.05) is 44.8 Å². The van der Waals surface area contributed by atoms with Crippen molar-refractivity contribution in [2.45, 2.75) is 6.42 Å². The molecule has 0 radical (unpaired) electrons. The fraction of sp³-hybridized carbons (Fsp3) is 0.350. The largest absolute Gasteiger partial charge is 0.481 e. The lowest BCUT2D eigenvalue weighted by atomic mass is 10.2. The van der Waals surface area contributed by atoms with Crippen LogP contribution >= 0.6 is 0 Å². The van der Waals surface area contributed by atoms with Crippen molar-refractivity contribution in [1.82, 2.24) is 9.56 Å². The van der Waals surface area contributed by atoms with Crippen LogP contribution in [0.5, 0.6) is 0 Å². The van der Waals surface area contributed by atoms with Gasteiger partial charge in [-0.2, -0.15) is 0 Å². The number of aliphatic hydroxyl groups excluding tert-OH is 2. The number of carboxylic acid groups (broad SMARTS) is 1. The highest BCUT2D eigenvalue weighted by molar-refractivity contribution is 5.80. The van der Waals surface area contributed by atoms with Gasteiger partial charge in [-0.05, 0) is 18.2 Å². The monoisotopic (exact) mass is 386 g/mol. The number of benzene rings is 2. The standard InChI is InChI=1S/C20H23N3O5/c1-22(7-6-20(26)27)14-2-4-16-18(12-14)28-19-13-15(3-5-17(19)21-16)23(8-10-24)9-11-25/h2-5,12-13,24-25H,6-11H2,1H3/p+1. The van der Waals surface area contributed by atoms with Gasteiger partial charge in [-0.3, -0.25) is 4.79 Å². The zero-order valence-corrected chi connectivity index (χ0v) is 15.7. The summed E-state index contributed by atoms with van der Waals surface area (Å²) in [5, 5.41) is 28.2. The molecule has 8 nitrogen and oxygen atoms in total. The molecule has 148 valence electrons. The first-order valence-corrected chi connectivity index (χ1v) is 9.09. The minimum atomic E-state index is -0.840. The number of aromatic nitrogens is 1. The van der Waals surface area contributed by atoms with Crippen molar-refractivity contribution in [3.8, 4) is 11.5 Å². The SMILES string of the molecule is C[N+](CCC(=O)O)=c1ccc2nc3ccc(N(CCO)CCO)cc3oc-2c1. The number of hydrogen-bond acceptors (Lipinski definition) is 6. The second-order valence-electron chi connectivity index (χ2n) is 6.52. The Morgan fingerprint density at radius 1 is 1.14 bits per heavy atom. The molecule has 0 unspecified atom stereocenters. The Morgan fingerprint density at radius 2 is 1.89 bits per heavy atom. The third-order valence-corrected chi connectivity index (χ3v) is 4.55. The molecule has 0 saturated carbocycles. The molecule has 0 bridgehead atoms. The van der Waals surface area contributed by atoms with Crippen molar-refractivity contribution >= 4 is 22.8 Å². The van der Waals surface area contributed by atoms with E-state index < -0.39 is 5.97 Å². The molecule has 1 aromatic rings. The maximum atomic E-state index is 10.8. The molecule has 0 fully saturated rings. The molecule has 0 aromatic heterocycles. The fourth-order valence-electron chi connectivity index (χ4n) is 3.04. The van der Waals surface area contributed by atoms with Gasteiger partial charge < -0.3 is 24.6 Å². The summed E-state index contributed by atoms with van der Waals surface area (Å²) in [6.07, 6.45) is 0.0521. The highest BCUT2D eigenvalue weighted by Gasteiger charge is 2.13. The van der Waals surface area contributed by atoms with Crippen LogP contribution in [0.15, 0.2) is 40.8 Å². The normalized spacial score (nSPS) is 12.4. The Balaban J connectivity index is 2.04. The van der Waals surface area contributed by atoms with Gasteiger partial charge in [0.15, 0.2) is 17.9 Å². The minimum absolute atomic E-state index is 0.0167. The molecule has 1 heterocycles. The highest BCUT2D eigenvalue weighted by Crippen LogP contribution is 2.27. The summed E-state index contributed by atoms with van der Waals surface area (Å²) in [6.45, 7) is 1.18. The maximum Gasteiger partial charge on any atom is 0.309 e. The Hall–Kier alpha value is -2.97. The van der Waals surface area contributed by atoms with Gasteiger partial charge in [0.25, 0.3) is 0 Å². The van der Waals surface area contributed by atoms with Crippen molar-refractivity contribution in [3.05, 3.63) is 41.8 Å². The Labute approximate surface area is 162 Å². The predicted molar refractivity (Wildman–Crippen MR) is 105 cm³/mol. The molecule has 8 heteroatoms. The van der Waals surface area contributed by atoms with E-state index in [0.717, 1.165) is 11.0 Å². The Kier molecular flexibility index (Phi) is 6.23. The molecule has 1 aromatic carbocycles. The molecular weight excluding hydrogens is 362 g/mol. The lowest BCUT2D eigenvalue weighted by Gasteiger charge is -2.23. The van der Waals surface area contributed by atoms with Crippen LogP contribution in [-0.4, -0.2) is 66.2 Å². The van der Waals surface area contributed by atoms with Crippen molar-refractivity contribution in [2.24, 2.45) is 0 Å². The molecule has 28 heavy (non-hydrogen) atoms. The van der Waals surface area contributed by atoms with Crippen LogP contribution in [0.3, 0.4) is 0 Å². The minimum Gasteiger partial charge on any atom is -0.481 e. The number of hydrogen-bond donors (Lipinski definition) is 3. The molecule has 3 N–H and O–H groups in total. The van der Waals surface area contributed by atoms with Crippen LogP contribution < -0.4 is 14.8 Å². The molecule has 0 spiro atoms. The first-order chi connectivity index (χ1) is 13.5. The second-order valence-corrected chi connectivity index (χ2v) is 6.52. The van der Waals surface area contributed by atoms with Gasteiger partial charge in [0.1, 0.15) is 24.7 Å². The van der Waals surface area contributed by atoms with Gasteiger partial charge in [0, 0.05) is 30.9 Å². The van der Waals surface area contributed by atoms with Gasteiger partial charge >= 0.3 is 5.97 Å². The average Bonchev–Trinajstić information content (AvgIpc) is 2.69. The van der Waals surface area contributed by atoms with Crippen LogP contribution in [0.25, 0.3) is 22.6 Å². The van der Waals surface area contributed by atoms with Crippen molar-refractivity contribution in [3.63, 3.8) is 0 Å². The maximum absolute atomic E-state index is 10.8. The zero-order valence-electron chi connectivity index (χ0n) is 15.7. The van der Waals surface area contributed by atoms with Gasteiger partial charge in [-0.15, -0.1) is 0 Å². The Morgan fingerprint density at radius 3 is 2.57 bits per heavy atom. The Bertz CT molecular complexity index is 1010. The van der Waals surface area contributed by atoms with Crippen LogP contribution in [0.2, 0.25) is 0 Å². The zero-order chi connectivity index (χ0) is 20.1. The molecule has 0 atom stereocenters. The van der Waals surface area contributed by atoms with E-state index in [1.165, 1.54) is 0 Å². The van der Waals surface area contributed by atoms with Gasteiger partial charge in [0.05, 0.1) is 19.3 Å². The average molecular weight is 386 g/mol. The molecule has 3 rings (SSSR count). The van der Waals surface area contributed by atoms with E-state index in [0.29, 0.717) is 42.2 Å². The highest BCUT2D eigenvalue weighted by atomic mass is 16.4. The molecule has 1 aliphatic heterocycles. The molecule has 2 aliphatic rings. The van der Waals surface area contributed by atoms with Gasteiger partial charge in [-0.1, -0.05) is 0 Å². The lowest BCUT2D eigenvalue weighted by Crippen LogP contribution is -2.29. The summed E-state index contributed by atoms with van der Waals surface area (Å²) in [7, 11) is 1.83. The van der Waals surface area contributed by atoms with Gasteiger partial charge in [-0.25, -0.2) is 9.56 Å². The van der Waals surface area contributed by atoms with E-state index in [1.807, 2.05) is 52.9 Å². The number of rotatable bonds is 8.